The summed E-state index contributed by atoms with van der Waals surface area (Å²) in [6.07, 6.45) is 2.04. The number of carbonyl (C=O) groups is 1. The number of aromatic amines is 1. The van der Waals surface area contributed by atoms with E-state index in [9.17, 15) is 9.90 Å². The van der Waals surface area contributed by atoms with Gasteiger partial charge in [-0.1, -0.05) is 97.9 Å². The Hall–Kier alpha value is -3.70. The molecule has 4 aromatic rings. The number of H-pyrrole nitrogens is 1. The topological polar surface area (TPSA) is 75.2 Å². The molecule has 0 fully saturated rings. The number of ether oxygens (including phenoxy) is 1. The molecule has 0 bridgehead atoms. The second-order valence-electron chi connectivity index (χ2n) is 7.65. The fraction of sp³-hybridized carbons (Fsp3) is 0.185. The molecule has 5 nitrogen and oxygen atoms in total. The molecule has 0 aliphatic heterocycles. The molecule has 3 aromatic carbocycles. The van der Waals surface area contributed by atoms with Crippen LogP contribution in [0.1, 0.15) is 41.8 Å². The van der Waals surface area contributed by atoms with Crippen molar-refractivity contribution >= 4 is 5.97 Å². The third-order valence-electron chi connectivity index (χ3n) is 5.82. The molecule has 0 spiro atoms. The van der Waals surface area contributed by atoms with E-state index in [0.717, 1.165) is 16.7 Å². The Morgan fingerprint density at radius 2 is 1.38 bits per heavy atom. The van der Waals surface area contributed by atoms with Crippen molar-refractivity contribution in [3.8, 4) is 0 Å². The van der Waals surface area contributed by atoms with Gasteiger partial charge in [-0.25, -0.2) is 9.78 Å². The first-order chi connectivity index (χ1) is 15.7. The number of nitrogens with one attached hydrogen (secondary N) is 1. The van der Waals surface area contributed by atoms with Crippen molar-refractivity contribution in [3.05, 3.63) is 126 Å². The fourth-order valence-corrected chi connectivity index (χ4v) is 4.36. The number of rotatable bonds is 9. The number of aliphatic carboxylic acids is 1. The van der Waals surface area contributed by atoms with E-state index in [2.05, 4.69) is 46.4 Å². The Kier molecular flexibility index (Phi) is 6.47. The highest BCUT2D eigenvalue weighted by Crippen LogP contribution is 2.50. The minimum Gasteiger partial charge on any atom is -0.479 e. The van der Waals surface area contributed by atoms with E-state index >= 15 is 0 Å². The number of hydrogen-bond donors (Lipinski definition) is 2. The first kappa shape index (κ1) is 21.5. The quantitative estimate of drug-likeness (QED) is 0.353. The zero-order valence-corrected chi connectivity index (χ0v) is 17.9. The van der Waals surface area contributed by atoms with E-state index in [0.29, 0.717) is 12.1 Å². The normalized spacial score (nSPS) is 13.4. The predicted octanol–water partition coefficient (Wildman–Crippen LogP) is 5.37. The van der Waals surface area contributed by atoms with Gasteiger partial charge >= 0.3 is 5.97 Å². The van der Waals surface area contributed by atoms with E-state index in [-0.39, 0.29) is 0 Å². The maximum absolute atomic E-state index is 12.0. The Balaban J connectivity index is 2.07. The molecule has 2 N–H and O–H groups in total. The molecular weight excluding hydrogens is 400 g/mol. The molecule has 32 heavy (non-hydrogen) atoms. The van der Waals surface area contributed by atoms with Crippen molar-refractivity contribution in [2.45, 2.75) is 31.0 Å². The monoisotopic (exact) mass is 426 g/mol. The third-order valence-corrected chi connectivity index (χ3v) is 5.82. The highest BCUT2D eigenvalue weighted by molar-refractivity contribution is 5.72. The summed E-state index contributed by atoms with van der Waals surface area (Å²) in [6, 6.07) is 30.2. The Morgan fingerprint density at radius 1 is 0.906 bits per heavy atom. The minimum atomic E-state index is -0.990. The van der Waals surface area contributed by atoms with Crippen LogP contribution in [0.15, 0.2) is 104 Å². The molecule has 0 radical (unpaired) electrons. The standard InChI is InChI=1S/C27H26N2O3/c1-2-24(26(30)31)32-25(23-18-28-19-29-23)27(20-12-6-3-7-13-20,21-14-8-4-9-15-21)22-16-10-5-11-17-22/h3-19,24-25H,2H2,1H3,(H,28,29)(H,30,31). The zero-order chi connectivity index (χ0) is 22.4. The maximum Gasteiger partial charge on any atom is 0.332 e. The molecule has 1 aromatic heterocycles. The Labute approximate surface area is 187 Å². The van der Waals surface area contributed by atoms with Crippen LogP contribution in [0.25, 0.3) is 0 Å². The summed E-state index contributed by atoms with van der Waals surface area (Å²) in [4.78, 5) is 19.6. The van der Waals surface area contributed by atoms with E-state index in [4.69, 9.17) is 4.74 Å². The summed E-state index contributed by atoms with van der Waals surface area (Å²) in [6.45, 7) is 1.82. The van der Waals surface area contributed by atoms with Gasteiger partial charge in [0.2, 0.25) is 0 Å². The van der Waals surface area contributed by atoms with Crippen LogP contribution in [0.2, 0.25) is 0 Å². The average Bonchev–Trinajstić information content (AvgIpc) is 3.38. The van der Waals surface area contributed by atoms with E-state index in [1.807, 2.05) is 61.5 Å². The van der Waals surface area contributed by atoms with Crippen LogP contribution < -0.4 is 0 Å². The van der Waals surface area contributed by atoms with Crippen LogP contribution in [0.3, 0.4) is 0 Å². The molecule has 0 saturated carbocycles. The molecule has 4 rings (SSSR count). The third kappa shape index (κ3) is 3.95. The summed E-state index contributed by atoms with van der Waals surface area (Å²) < 4.78 is 6.45. The van der Waals surface area contributed by atoms with Crippen molar-refractivity contribution in [1.82, 2.24) is 9.97 Å². The molecule has 162 valence electrons. The number of hydrogen-bond acceptors (Lipinski definition) is 3. The van der Waals surface area contributed by atoms with Gasteiger partial charge in [0.1, 0.15) is 6.10 Å². The summed E-state index contributed by atoms with van der Waals surface area (Å²) >= 11 is 0. The highest BCUT2D eigenvalue weighted by Gasteiger charge is 2.47. The Bertz CT molecular complexity index is 1020. The average molecular weight is 427 g/mol. The van der Waals surface area contributed by atoms with Gasteiger partial charge in [-0.3, -0.25) is 0 Å². The molecule has 0 saturated heterocycles. The lowest BCUT2D eigenvalue weighted by Gasteiger charge is -2.42. The highest BCUT2D eigenvalue weighted by atomic mass is 16.5. The van der Waals surface area contributed by atoms with Gasteiger partial charge < -0.3 is 14.8 Å². The lowest BCUT2D eigenvalue weighted by molar-refractivity contribution is -0.157. The van der Waals surface area contributed by atoms with Gasteiger partial charge in [0.15, 0.2) is 6.10 Å². The Morgan fingerprint density at radius 3 is 1.72 bits per heavy atom. The van der Waals surface area contributed by atoms with Gasteiger partial charge in [-0.2, -0.15) is 0 Å². The molecule has 0 aliphatic rings. The van der Waals surface area contributed by atoms with Crippen LogP contribution in [0, 0.1) is 0 Å². The van der Waals surface area contributed by atoms with Gasteiger partial charge in [0, 0.05) is 6.20 Å². The van der Waals surface area contributed by atoms with Crippen molar-refractivity contribution in [2.75, 3.05) is 0 Å². The second-order valence-corrected chi connectivity index (χ2v) is 7.65. The summed E-state index contributed by atoms with van der Waals surface area (Å²) in [7, 11) is 0. The number of imidazole rings is 1. The first-order valence-electron chi connectivity index (χ1n) is 10.7. The fourth-order valence-electron chi connectivity index (χ4n) is 4.36. The van der Waals surface area contributed by atoms with Crippen molar-refractivity contribution in [3.63, 3.8) is 0 Å². The number of nitrogens with zero attached hydrogens (tertiary/aromatic N) is 1. The molecule has 5 heteroatoms. The van der Waals surface area contributed by atoms with Crippen LogP contribution >= 0.6 is 0 Å². The largest absolute Gasteiger partial charge is 0.479 e. The van der Waals surface area contributed by atoms with Crippen LogP contribution in [-0.2, 0) is 14.9 Å². The molecule has 0 amide bonds. The molecule has 1 heterocycles. The SMILES string of the molecule is CCC(OC(c1c[nH]cn1)C(c1ccccc1)(c1ccccc1)c1ccccc1)C(=O)O. The van der Waals surface area contributed by atoms with Gasteiger partial charge in [0.05, 0.1) is 17.4 Å². The second kappa shape index (κ2) is 9.62. The summed E-state index contributed by atoms with van der Waals surface area (Å²) in [5.41, 5.74) is 2.78. The summed E-state index contributed by atoms with van der Waals surface area (Å²) in [5, 5.41) is 9.84. The van der Waals surface area contributed by atoms with Crippen molar-refractivity contribution in [2.24, 2.45) is 0 Å². The van der Waals surface area contributed by atoms with E-state index in [1.165, 1.54) is 0 Å². The predicted molar refractivity (Wildman–Crippen MR) is 123 cm³/mol. The molecule has 2 unspecified atom stereocenters. The van der Waals surface area contributed by atoms with Gasteiger partial charge in [-0.05, 0) is 23.1 Å². The number of aromatic nitrogens is 2. The van der Waals surface area contributed by atoms with Crippen LogP contribution in [-0.4, -0.2) is 27.1 Å². The molecule has 0 aliphatic carbocycles. The zero-order valence-electron chi connectivity index (χ0n) is 17.9. The molecule has 2 atom stereocenters. The van der Waals surface area contributed by atoms with Crippen molar-refractivity contribution in [1.29, 1.82) is 0 Å². The first-order valence-corrected chi connectivity index (χ1v) is 10.7. The van der Waals surface area contributed by atoms with Gasteiger partial charge in [-0.15, -0.1) is 0 Å². The lowest BCUT2D eigenvalue weighted by Crippen LogP contribution is -2.41. The van der Waals surface area contributed by atoms with E-state index < -0.39 is 23.6 Å². The number of carboxylic acids is 1. The minimum absolute atomic E-state index is 0.338. The smallest absolute Gasteiger partial charge is 0.332 e. The number of benzene rings is 3. The molecular formula is C27H26N2O3. The number of carboxylic acid groups (broad SMARTS) is 1. The van der Waals surface area contributed by atoms with Crippen molar-refractivity contribution < 1.29 is 14.6 Å². The van der Waals surface area contributed by atoms with Crippen LogP contribution in [0.4, 0.5) is 0 Å². The lowest BCUT2D eigenvalue weighted by atomic mass is 9.65. The summed E-state index contributed by atoms with van der Waals surface area (Å²) in [5.74, 6) is -0.990. The maximum atomic E-state index is 12.0. The van der Waals surface area contributed by atoms with Gasteiger partial charge in [0.25, 0.3) is 0 Å². The van der Waals surface area contributed by atoms with Crippen LogP contribution in [0.5, 0.6) is 0 Å². The van der Waals surface area contributed by atoms with E-state index in [1.54, 1.807) is 12.5 Å².